The molecule has 0 radical (unpaired) electrons. The maximum Gasteiger partial charge on any atom is 0.317 e. The molecule has 0 heterocycles. The Labute approximate surface area is 491 Å². The van der Waals surface area contributed by atoms with Gasteiger partial charge in [-0.15, -0.1) is 0 Å². The van der Waals surface area contributed by atoms with Crippen LogP contribution in [0.4, 0.5) is 0 Å². The summed E-state index contributed by atoms with van der Waals surface area (Å²) in [7, 11) is 3.40. The second-order valence-corrected chi connectivity index (χ2v) is 23.2. The Kier molecular flexibility index (Phi) is 52.7. The Bertz CT molecular complexity index is 1570. The number of hydrogen-bond acceptors (Lipinski definition) is 13. The quantitative estimate of drug-likeness (QED) is 0.0327. The Hall–Kier alpha value is -3.87. The molecule has 474 valence electrons. The minimum absolute atomic E-state index is 0.0110. The van der Waals surface area contributed by atoms with Gasteiger partial charge in [-0.3, -0.25) is 48.3 Å². The van der Waals surface area contributed by atoms with E-state index in [1.165, 1.54) is 201 Å². The van der Waals surface area contributed by atoms with Crippen molar-refractivity contribution in [3.05, 3.63) is 0 Å². The van der Waals surface area contributed by atoms with Crippen molar-refractivity contribution in [1.29, 1.82) is 0 Å². The van der Waals surface area contributed by atoms with Gasteiger partial charge in [0.15, 0.2) is 0 Å². The van der Waals surface area contributed by atoms with Crippen LogP contribution >= 0.6 is 0 Å². The monoisotopic (exact) mass is 1150 g/mol. The number of carbonyl (C=O) groups is 7. The fourth-order valence-electron chi connectivity index (χ4n) is 10.2. The van der Waals surface area contributed by atoms with Crippen molar-refractivity contribution >= 4 is 41.7 Å². The first kappa shape index (κ1) is 77.1. The first-order valence-corrected chi connectivity index (χ1v) is 32.4. The molecule has 0 aromatic rings. The van der Waals surface area contributed by atoms with Crippen molar-refractivity contribution in [2.24, 2.45) is 0 Å². The topological polar surface area (TPSA) is 235 Å². The molecule has 0 aliphatic rings. The van der Waals surface area contributed by atoms with Gasteiger partial charge in [-0.25, -0.2) is 0 Å². The van der Waals surface area contributed by atoms with Crippen LogP contribution in [0, 0.1) is 0 Å². The summed E-state index contributed by atoms with van der Waals surface area (Å²) in [4.78, 5) is 92.8. The zero-order valence-electron chi connectivity index (χ0n) is 51.8. The van der Waals surface area contributed by atoms with E-state index in [-0.39, 0.29) is 76.7 Å². The lowest BCUT2D eigenvalue weighted by Crippen LogP contribution is -2.47. The highest BCUT2D eigenvalue weighted by atomic mass is 16.6. The van der Waals surface area contributed by atoms with E-state index in [2.05, 4.69) is 13.8 Å². The molecule has 0 aromatic carbocycles. The number of ether oxygens (including phenoxy) is 2. The summed E-state index contributed by atoms with van der Waals surface area (Å²) in [5.74, 6) is -5.91. The van der Waals surface area contributed by atoms with E-state index in [9.17, 15) is 54.0 Å². The summed E-state index contributed by atoms with van der Waals surface area (Å²) in [6.45, 7) is 2.83. The molecule has 18 heteroatoms. The molecule has 1 atom stereocenters. The largest absolute Gasteiger partial charge is 0.480 e. The molecular formula is C63H119N5O13. The first-order chi connectivity index (χ1) is 39.1. The highest BCUT2D eigenvalue weighted by Gasteiger charge is 2.23. The van der Waals surface area contributed by atoms with Gasteiger partial charge >= 0.3 is 35.8 Å². The predicted octanol–water partition coefficient (Wildman–Crippen LogP) is 11.9. The number of carboxylic acids is 4. The molecule has 81 heavy (non-hydrogen) atoms. The molecule has 0 rings (SSSR count). The highest BCUT2D eigenvalue weighted by Crippen LogP contribution is 2.17. The van der Waals surface area contributed by atoms with Crippen molar-refractivity contribution in [2.45, 2.75) is 264 Å². The van der Waals surface area contributed by atoms with Gasteiger partial charge < -0.3 is 39.7 Å². The third-order valence-electron chi connectivity index (χ3n) is 15.2. The number of likely N-dealkylation sites (N-methyl/N-ethyl adjacent to an activating group) is 2. The minimum atomic E-state index is -1.24. The van der Waals surface area contributed by atoms with Crippen LogP contribution in [0.3, 0.4) is 0 Å². The molecule has 0 aliphatic carbocycles. The van der Waals surface area contributed by atoms with Crippen molar-refractivity contribution in [1.82, 2.24) is 24.5 Å². The molecule has 0 fully saturated rings. The minimum Gasteiger partial charge on any atom is -0.480 e. The van der Waals surface area contributed by atoms with Crippen LogP contribution in [0.15, 0.2) is 0 Å². The van der Waals surface area contributed by atoms with Crippen LogP contribution in [-0.4, -0.2) is 192 Å². The lowest BCUT2D eigenvalue weighted by atomic mass is 10.0. The summed E-state index contributed by atoms with van der Waals surface area (Å²) in [5.41, 5.74) is 0. The lowest BCUT2D eigenvalue weighted by molar-refractivity contribution is -0.160. The van der Waals surface area contributed by atoms with Gasteiger partial charge in [0.2, 0.25) is 5.91 Å². The lowest BCUT2D eigenvalue weighted by Gasteiger charge is -2.29. The van der Waals surface area contributed by atoms with E-state index in [0.29, 0.717) is 13.0 Å². The van der Waals surface area contributed by atoms with Crippen LogP contribution < -0.4 is 0 Å². The van der Waals surface area contributed by atoms with Crippen LogP contribution in [0.5, 0.6) is 0 Å². The van der Waals surface area contributed by atoms with Gasteiger partial charge in [-0.2, -0.15) is 0 Å². The number of rotatable bonds is 62. The molecule has 1 amide bonds. The average Bonchev–Trinajstić information content (AvgIpc) is 3.41. The first-order valence-electron chi connectivity index (χ1n) is 32.4. The van der Waals surface area contributed by atoms with Gasteiger partial charge in [-0.05, 0) is 19.9 Å². The molecule has 18 nitrogen and oxygen atoms in total. The molecule has 0 saturated carbocycles. The van der Waals surface area contributed by atoms with E-state index in [1.54, 1.807) is 7.05 Å². The number of carboxylic acid groups (broad SMARTS) is 4. The number of nitrogens with zero attached hydrogens (tertiary/aromatic N) is 5. The van der Waals surface area contributed by atoms with Crippen molar-refractivity contribution in [2.75, 3.05) is 99.2 Å². The van der Waals surface area contributed by atoms with Crippen LogP contribution in [0.1, 0.15) is 258 Å². The third kappa shape index (κ3) is 53.9. The number of carbonyl (C=O) groups excluding carboxylic acids is 3. The number of aliphatic carboxylic acids is 4. The molecular weight excluding hydrogens is 1030 g/mol. The van der Waals surface area contributed by atoms with Crippen LogP contribution in [-0.2, 0) is 43.0 Å². The number of esters is 2. The van der Waals surface area contributed by atoms with E-state index in [0.717, 1.165) is 49.8 Å². The fourth-order valence-corrected chi connectivity index (χ4v) is 10.2. The van der Waals surface area contributed by atoms with Crippen molar-refractivity contribution < 1.29 is 63.5 Å². The number of amides is 1. The van der Waals surface area contributed by atoms with Crippen molar-refractivity contribution in [3.63, 3.8) is 0 Å². The van der Waals surface area contributed by atoms with E-state index < -0.39 is 56.2 Å². The Morgan fingerprint density at radius 2 is 0.630 bits per heavy atom. The van der Waals surface area contributed by atoms with E-state index in [4.69, 9.17) is 9.47 Å². The zero-order chi connectivity index (χ0) is 60.0. The second kappa shape index (κ2) is 55.3. The van der Waals surface area contributed by atoms with Crippen LogP contribution in [0.2, 0.25) is 0 Å². The standard InChI is InChI=1S/C63H119N5O13/c1-5-7-9-11-13-15-17-19-21-23-25-27-29-31-33-35-37-39-41-62(78)80-55-56(81-63(79)42-40-38-36-34-32-30-28-26-24-22-20-18-16-14-12-10-8-6-2)49-64(3)43-44-65(4)57(69)50-67(52-59(72)73)47-45-66(51-58(70)71)46-48-68(53-60(74)75)54-61(76)77/h56H,5-55H2,1-4H3,(H,70,71)(H,72,73)(H,74,75)(H,76,77). The Morgan fingerprint density at radius 1 is 0.346 bits per heavy atom. The van der Waals surface area contributed by atoms with Gasteiger partial charge in [0.1, 0.15) is 12.7 Å². The second-order valence-electron chi connectivity index (χ2n) is 23.2. The molecule has 0 aromatic heterocycles. The highest BCUT2D eigenvalue weighted by molar-refractivity contribution is 5.79. The summed E-state index contributed by atoms with van der Waals surface area (Å²) in [6.07, 6.45) is 45.3. The predicted molar refractivity (Wildman–Crippen MR) is 323 cm³/mol. The van der Waals surface area contributed by atoms with Crippen molar-refractivity contribution in [3.8, 4) is 0 Å². The molecule has 1 unspecified atom stereocenters. The van der Waals surface area contributed by atoms with Gasteiger partial charge in [0.05, 0.1) is 32.7 Å². The fraction of sp³-hybridized carbons (Fsp3) is 0.889. The van der Waals surface area contributed by atoms with Gasteiger partial charge in [-0.1, -0.05) is 232 Å². The molecule has 0 aliphatic heterocycles. The molecule has 0 bridgehead atoms. The summed E-state index contributed by atoms with van der Waals surface area (Å²) in [5, 5.41) is 37.5. The zero-order valence-corrected chi connectivity index (χ0v) is 51.8. The molecule has 4 N–H and O–H groups in total. The molecule has 0 spiro atoms. The van der Waals surface area contributed by atoms with Gasteiger partial charge in [0, 0.05) is 65.7 Å². The summed E-state index contributed by atoms with van der Waals surface area (Å²) < 4.78 is 11.6. The summed E-state index contributed by atoms with van der Waals surface area (Å²) in [6, 6.07) is 0. The van der Waals surface area contributed by atoms with E-state index >= 15 is 0 Å². The average molecular weight is 1150 g/mol. The number of unbranched alkanes of at least 4 members (excludes halogenated alkanes) is 34. The van der Waals surface area contributed by atoms with Gasteiger partial charge in [0.25, 0.3) is 0 Å². The summed E-state index contributed by atoms with van der Waals surface area (Å²) >= 11 is 0. The smallest absolute Gasteiger partial charge is 0.317 e. The Balaban J connectivity index is 5.08. The number of hydrogen-bond donors (Lipinski definition) is 4. The van der Waals surface area contributed by atoms with E-state index in [1.807, 2.05) is 11.9 Å². The molecule has 0 saturated heterocycles. The maximum absolute atomic E-state index is 13.4. The maximum atomic E-state index is 13.4. The SMILES string of the molecule is CCCCCCCCCCCCCCCCCCCCC(=O)OCC(CN(C)CCN(C)C(=O)CN(CCN(CCN(CC(=O)O)CC(=O)O)CC(=O)O)CC(=O)O)OC(=O)CCCCCCCCCCCCCCCCCCCC. The normalized spacial score (nSPS) is 12.0. The van der Waals surface area contributed by atoms with Crippen LogP contribution in [0.25, 0.3) is 0 Å². The Morgan fingerprint density at radius 3 is 0.963 bits per heavy atom. The third-order valence-corrected chi connectivity index (χ3v) is 15.2.